The van der Waals surface area contributed by atoms with Crippen molar-refractivity contribution < 1.29 is 22.8 Å². The lowest BCUT2D eigenvalue weighted by Gasteiger charge is -2.31. The van der Waals surface area contributed by atoms with Crippen LogP contribution in [0.4, 0.5) is 0 Å². The predicted molar refractivity (Wildman–Crippen MR) is 168 cm³/mol. The molecule has 0 atom stereocenters. The minimum atomic E-state index is -2.55. The molecule has 0 rings (SSSR count). The number of hydrogen-bond acceptors (Lipinski definition) is 5. The summed E-state index contributed by atoms with van der Waals surface area (Å²) < 4.78 is 22.3. The van der Waals surface area contributed by atoms with Gasteiger partial charge in [0.25, 0.3) is 0 Å². The molecule has 5 nitrogen and oxygen atoms in total. The molecule has 0 bridgehead atoms. The van der Waals surface area contributed by atoms with Gasteiger partial charge < -0.3 is 18.0 Å². The molecule has 0 aliphatic carbocycles. The van der Waals surface area contributed by atoms with Crippen molar-refractivity contribution >= 4 is 14.8 Å². The van der Waals surface area contributed by atoms with Crippen molar-refractivity contribution in [3.63, 3.8) is 0 Å². The fourth-order valence-corrected chi connectivity index (χ4v) is 7.76. The lowest BCUT2D eigenvalue weighted by atomic mass is 9.75. The fraction of sp³-hybridized carbons (Fsp3) is 0.970. The van der Waals surface area contributed by atoms with Gasteiger partial charge in [-0.3, -0.25) is 4.79 Å². The van der Waals surface area contributed by atoms with E-state index in [2.05, 4.69) is 20.8 Å². The predicted octanol–water partition coefficient (Wildman–Crippen LogP) is 10.4. The molecule has 0 heterocycles. The zero-order chi connectivity index (χ0) is 29.1. The molecule has 0 amide bonds. The third-order valence-corrected chi connectivity index (χ3v) is 11.3. The Morgan fingerprint density at radius 3 is 1.31 bits per heavy atom. The van der Waals surface area contributed by atoms with Gasteiger partial charge in [-0.25, -0.2) is 0 Å². The van der Waals surface area contributed by atoms with Crippen molar-refractivity contribution in [2.75, 3.05) is 27.9 Å². The first kappa shape index (κ1) is 38.6. The van der Waals surface area contributed by atoms with Crippen molar-refractivity contribution in [1.29, 1.82) is 0 Å². The highest BCUT2D eigenvalue weighted by atomic mass is 28.4. The highest BCUT2D eigenvalue weighted by Crippen LogP contribution is 2.37. The normalized spacial score (nSPS) is 12.3. The molecule has 234 valence electrons. The van der Waals surface area contributed by atoms with Crippen LogP contribution in [-0.2, 0) is 22.8 Å². The number of hydrogen-bond donors (Lipinski definition) is 0. The van der Waals surface area contributed by atoms with E-state index in [0.717, 1.165) is 57.4 Å². The zero-order valence-electron chi connectivity index (χ0n) is 27.2. The standard InChI is InChI=1S/C33H68O5Si/c1-7-10-11-12-13-14-15-16-17-18-19-20-21-22-23-24-29-33(27-8-2,28-9-3)32(34)38-30-25-26-31-39(35-4,36-5)37-6/h7-31H2,1-6H3. The summed E-state index contributed by atoms with van der Waals surface area (Å²) in [6.07, 6.45) is 28.5. The van der Waals surface area contributed by atoms with Crippen LogP contribution in [0, 0.1) is 5.41 Å². The molecule has 0 aromatic carbocycles. The van der Waals surface area contributed by atoms with E-state index in [9.17, 15) is 4.79 Å². The van der Waals surface area contributed by atoms with Crippen LogP contribution in [0.25, 0.3) is 0 Å². The Balaban J connectivity index is 4.12. The van der Waals surface area contributed by atoms with Gasteiger partial charge in [0.1, 0.15) is 0 Å². The zero-order valence-corrected chi connectivity index (χ0v) is 28.2. The van der Waals surface area contributed by atoms with Gasteiger partial charge in [-0.2, -0.15) is 0 Å². The molecule has 0 radical (unpaired) electrons. The summed E-state index contributed by atoms with van der Waals surface area (Å²) in [6, 6.07) is 0.738. The van der Waals surface area contributed by atoms with Crippen LogP contribution in [0.5, 0.6) is 0 Å². The van der Waals surface area contributed by atoms with Gasteiger partial charge in [0.2, 0.25) is 0 Å². The van der Waals surface area contributed by atoms with Crippen molar-refractivity contribution in [1.82, 2.24) is 0 Å². The third kappa shape index (κ3) is 18.6. The molecule has 6 heteroatoms. The van der Waals surface area contributed by atoms with Crippen LogP contribution >= 0.6 is 0 Å². The third-order valence-electron chi connectivity index (χ3n) is 8.44. The molecule has 0 spiro atoms. The first-order valence-electron chi connectivity index (χ1n) is 16.8. The lowest BCUT2D eigenvalue weighted by molar-refractivity contribution is -0.158. The van der Waals surface area contributed by atoms with Gasteiger partial charge in [0.15, 0.2) is 0 Å². The number of unbranched alkanes of at least 4 members (excludes halogenated alkanes) is 16. The van der Waals surface area contributed by atoms with Crippen LogP contribution in [0.15, 0.2) is 0 Å². The second-order valence-electron chi connectivity index (χ2n) is 11.7. The number of esters is 1. The number of ether oxygens (including phenoxy) is 1. The van der Waals surface area contributed by atoms with E-state index in [1.165, 1.54) is 96.3 Å². The average Bonchev–Trinajstić information content (AvgIpc) is 2.95. The van der Waals surface area contributed by atoms with Crippen LogP contribution in [-0.4, -0.2) is 42.7 Å². The monoisotopic (exact) mass is 572 g/mol. The Morgan fingerprint density at radius 1 is 0.513 bits per heavy atom. The van der Waals surface area contributed by atoms with Gasteiger partial charge in [0.05, 0.1) is 12.0 Å². The van der Waals surface area contributed by atoms with Gasteiger partial charge in [-0.1, -0.05) is 136 Å². The second-order valence-corrected chi connectivity index (χ2v) is 14.8. The van der Waals surface area contributed by atoms with E-state index in [4.69, 9.17) is 18.0 Å². The number of carbonyl (C=O) groups excluding carboxylic acids is 1. The van der Waals surface area contributed by atoms with Gasteiger partial charge >= 0.3 is 14.8 Å². The van der Waals surface area contributed by atoms with E-state index in [1.54, 1.807) is 21.3 Å². The summed E-state index contributed by atoms with van der Waals surface area (Å²) in [5.41, 5.74) is -0.302. The Bertz CT molecular complexity index is 524. The van der Waals surface area contributed by atoms with E-state index in [-0.39, 0.29) is 11.4 Å². The maximum absolute atomic E-state index is 13.3. The quantitative estimate of drug-likeness (QED) is 0.0487. The number of carbonyl (C=O) groups is 1. The second kappa shape index (κ2) is 26.5. The van der Waals surface area contributed by atoms with Crippen molar-refractivity contribution in [3.8, 4) is 0 Å². The molecule has 0 aliphatic heterocycles. The highest BCUT2D eigenvalue weighted by Gasteiger charge is 2.38. The molecule has 0 aromatic heterocycles. The topological polar surface area (TPSA) is 54.0 Å². The average molecular weight is 573 g/mol. The van der Waals surface area contributed by atoms with Gasteiger partial charge in [-0.15, -0.1) is 0 Å². The largest absolute Gasteiger partial charge is 0.500 e. The van der Waals surface area contributed by atoms with Crippen molar-refractivity contribution in [2.24, 2.45) is 5.41 Å². The maximum atomic E-state index is 13.3. The molecule has 0 fully saturated rings. The Kier molecular flexibility index (Phi) is 26.2. The molecule has 0 N–H and O–H groups in total. The Hall–Kier alpha value is -0.433. The number of rotatable bonds is 30. The summed E-state index contributed by atoms with van der Waals surface area (Å²) in [5.74, 6) is 0.0286. The summed E-state index contributed by atoms with van der Waals surface area (Å²) in [6.45, 7) is 7.14. The van der Waals surface area contributed by atoms with Gasteiger partial charge in [-0.05, 0) is 32.1 Å². The summed E-state index contributed by atoms with van der Waals surface area (Å²) in [4.78, 5) is 13.3. The molecule has 0 saturated carbocycles. The maximum Gasteiger partial charge on any atom is 0.500 e. The van der Waals surface area contributed by atoms with Crippen molar-refractivity contribution in [3.05, 3.63) is 0 Å². The van der Waals surface area contributed by atoms with E-state index < -0.39 is 8.80 Å². The summed E-state index contributed by atoms with van der Waals surface area (Å²) >= 11 is 0. The minimum Gasteiger partial charge on any atom is -0.465 e. The van der Waals surface area contributed by atoms with E-state index >= 15 is 0 Å². The SMILES string of the molecule is CCCCCCCCCCCCCCCCCCC(CCC)(CCC)C(=O)OCCCC[Si](OC)(OC)OC. The van der Waals surface area contributed by atoms with Crippen LogP contribution in [0.1, 0.15) is 168 Å². The minimum absolute atomic E-state index is 0.0286. The molecular formula is C33H68O5Si. The fourth-order valence-electron chi connectivity index (χ4n) is 5.97. The summed E-state index contributed by atoms with van der Waals surface area (Å²) in [5, 5.41) is 0. The lowest BCUT2D eigenvalue weighted by Crippen LogP contribution is -2.42. The molecule has 39 heavy (non-hydrogen) atoms. The molecular weight excluding hydrogens is 504 g/mol. The first-order valence-corrected chi connectivity index (χ1v) is 18.8. The van der Waals surface area contributed by atoms with Crippen LogP contribution < -0.4 is 0 Å². The van der Waals surface area contributed by atoms with E-state index in [0.29, 0.717) is 6.61 Å². The Labute approximate surface area is 245 Å². The van der Waals surface area contributed by atoms with Crippen LogP contribution in [0.2, 0.25) is 6.04 Å². The van der Waals surface area contributed by atoms with Crippen LogP contribution in [0.3, 0.4) is 0 Å². The van der Waals surface area contributed by atoms with Crippen molar-refractivity contribution in [2.45, 2.75) is 174 Å². The first-order chi connectivity index (χ1) is 19.0. The summed E-state index contributed by atoms with van der Waals surface area (Å²) in [7, 11) is 2.38. The molecule has 0 aromatic rings. The molecule has 0 unspecified atom stereocenters. The highest BCUT2D eigenvalue weighted by molar-refractivity contribution is 6.60. The Morgan fingerprint density at radius 2 is 0.923 bits per heavy atom. The van der Waals surface area contributed by atoms with E-state index in [1.807, 2.05) is 0 Å². The van der Waals surface area contributed by atoms with Gasteiger partial charge in [0, 0.05) is 27.4 Å². The molecule has 0 saturated heterocycles. The smallest absolute Gasteiger partial charge is 0.465 e. The molecule has 0 aliphatic rings.